The first kappa shape index (κ1) is 21.2. The van der Waals surface area contributed by atoms with Gasteiger partial charge >= 0.3 is 5.63 Å². The smallest absolute Gasteiger partial charge is 0.336 e. The van der Waals surface area contributed by atoms with Crippen molar-refractivity contribution in [3.05, 3.63) is 63.0 Å². The quantitative estimate of drug-likeness (QED) is 0.591. The van der Waals surface area contributed by atoms with Crippen molar-refractivity contribution in [2.24, 2.45) is 0 Å². The fraction of sp³-hybridized carbons (Fsp3) is 0.400. The third-order valence-corrected chi connectivity index (χ3v) is 5.97. The largest absolute Gasteiger partial charge is 0.493 e. The van der Waals surface area contributed by atoms with Gasteiger partial charge in [0.25, 0.3) is 0 Å². The molecule has 1 atom stereocenters. The normalized spacial score (nSPS) is 15.4. The SMILES string of the molecule is CCCc1cc(=O)oc2c(C)c3c(cc12)C[NH+](CCc1ccc(OC)c(OC)c1)CO3. The summed E-state index contributed by atoms with van der Waals surface area (Å²) in [7, 11) is 3.30. The van der Waals surface area contributed by atoms with Crippen LogP contribution in [0.4, 0.5) is 0 Å². The summed E-state index contributed by atoms with van der Waals surface area (Å²) >= 11 is 0. The van der Waals surface area contributed by atoms with Crippen LogP contribution in [-0.4, -0.2) is 27.5 Å². The molecule has 6 nitrogen and oxygen atoms in total. The molecule has 2 heterocycles. The predicted molar refractivity (Wildman–Crippen MR) is 119 cm³/mol. The van der Waals surface area contributed by atoms with Gasteiger partial charge in [0.2, 0.25) is 6.73 Å². The molecule has 1 unspecified atom stereocenters. The molecular formula is C25H30NO5+. The number of nitrogens with one attached hydrogen (secondary N) is 1. The highest BCUT2D eigenvalue weighted by molar-refractivity contribution is 5.86. The van der Waals surface area contributed by atoms with E-state index in [1.807, 2.05) is 19.1 Å². The van der Waals surface area contributed by atoms with Crippen LogP contribution in [0.2, 0.25) is 0 Å². The minimum Gasteiger partial charge on any atom is -0.493 e. The molecule has 0 fully saturated rings. The van der Waals surface area contributed by atoms with Crippen LogP contribution in [0.25, 0.3) is 11.0 Å². The fourth-order valence-corrected chi connectivity index (χ4v) is 4.39. The lowest BCUT2D eigenvalue weighted by molar-refractivity contribution is -0.932. The van der Waals surface area contributed by atoms with E-state index in [4.69, 9.17) is 18.6 Å². The summed E-state index contributed by atoms with van der Waals surface area (Å²) in [6.45, 7) is 6.51. The van der Waals surface area contributed by atoms with Crippen molar-refractivity contribution in [3.8, 4) is 17.2 Å². The summed E-state index contributed by atoms with van der Waals surface area (Å²) in [5.74, 6) is 2.35. The van der Waals surface area contributed by atoms with Gasteiger partial charge in [-0.05, 0) is 42.7 Å². The molecule has 1 N–H and O–H groups in total. The van der Waals surface area contributed by atoms with Crippen LogP contribution in [-0.2, 0) is 19.4 Å². The van der Waals surface area contributed by atoms with Crippen LogP contribution in [0.3, 0.4) is 0 Å². The first-order valence-corrected chi connectivity index (χ1v) is 10.8. The molecule has 0 aliphatic carbocycles. The second-order valence-electron chi connectivity index (χ2n) is 8.11. The molecule has 2 aromatic carbocycles. The lowest BCUT2D eigenvalue weighted by Gasteiger charge is -2.28. The Morgan fingerprint density at radius 3 is 2.61 bits per heavy atom. The van der Waals surface area contributed by atoms with E-state index in [0.717, 1.165) is 66.1 Å². The maximum Gasteiger partial charge on any atom is 0.336 e. The number of aryl methyl sites for hydroxylation is 2. The number of methoxy groups -OCH3 is 2. The Morgan fingerprint density at radius 2 is 1.87 bits per heavy atom. The molecule has 1 aromatic heterocycles. The minimum atomic E-state index is -0.294. The van der Waals surface area contributed by atoms with Crippen molar-refractivity contribution in [2.45, 2.75) is 39.7 Å². The van der Waals surface area contributed by atoms with Crippen molar-refractivity contribution < 1.29 is 23.5 Å². The molecule has 4 rings (SSSR count). The van der Waals surface area contributed by atoms with Gasteiger partial charge in [-0.2, -0.15) is 0 Å². The second kappa shape index (κ2) is 9.02. The molecule has 31 heavy (non-hydrogen) atoms. The monoisotopic (exact) mass is 424 g/mol. The molecule has 3 aromatic rings. The van der Waals surface area contributed by atoms with Crippen molar-refractivity contribution in [1.29, 1.82) is 0 Å². The topological polar surface area (TPSA) is 62.3 Å². The van der Waals surface area contributed by atoms with Crippen LogP contribution >= 0.6 is 0 Å². The maximum absolute atomic E-state index is 12.0. The summed E-state index contributed by atoms with van der Waals surface area (Å²) in [5, 5.41) is 1.03. The molecule has 0 saturated heterocycles. The highest BCUT2D eigenvalue weighted by Crippen LogP contribution is 2.33. The zero-order valence-electron chi connectivity index (χ0n) is 18.7. The molecule has 164 valence electrons. The number of rotatable bonds is 7. The maximum atomic E-state index is 12.0. The molecular weight excluding hydrogens is 394 g/mol. The van der Waals surface area contributed by atoms with E-state index in [9.17, 15) is 4.79 Å². The summed E-state index contributed by atoms with van der Waals surface area (Å²) in [5.41, 5.74) is 4.71. The molecule has 6 heteroatoms. The van der Waals surface area contributed by atoms with Crippen LogP contribution in [0, 0.1) is 6.92 Å². The highest BCUT2D eigenvalue weighted by atomic mass is 16.5. The van der Waals surface area contributed by atoms with Crippen molar-refractivity contribution in [2.75, 3.05) is 27.5 Å². The molecule has 0 radical (unpaired) electrons. The standard InChI is InChI=1S/C25H29NO5/c1-5-6-18-13-23(27)31-25-16(2)24-19(12-20(18)25)14-26(15-30-24)10-9-17-7-8-21(28-3)22(11-17)29-4/h7-8,11-13H,5-6,9-10,14-15H2,1-4H3/p+1. The van der Waals surface area contributed by atoms with E-state index >= 15 is 0 Å². The fourth-order valence-electron chi connectivity index (χ4n) is 4.39. The lowest BCUT2D eigenvalue weighted by atomic mass is 9.98. The van der Waals surface area contributed by atoms with Crippen molar-refractivity contribution >= 4 is 11.0 Å². The van der Waals surface area contributed by atoms with E-state index < -0.39 is 0 Å². The van der Waals surface area contributed by atoms with Gasteiger partial charge in [-0.15, -0.1) is 0 Å². The van der Waals surface area contributed by atoms with Gasteiger partial charge in [0.15, 0.2) is 11.5 Å². The average Bonchev–Trinajstić information content (AvgIpc) is 2.78. The molecule has 0 spiro atoms. The van der Waals surface area contributed by atoms with E-state index in [0.29, 0.717) is 12.3 Å². The molecule has 0 bridgehead atoms. The summed E-state index contributed by atoms with van der Waals surface area (Å²) in [4.78, 5) is 13.4. The van der Waals surface area contributed by atoms with Crippen molar-refractivity contribution in [1.82, 2.24) is 0 Å². The second-order valence-corrected chi connectivity index (χ2v) is 8.11. The van der Waals surface area contributed by atoms with Gasteiger partial charge in [0.1, 0.15) is 17.9 Å². The molecule has 0 saturated carbocycles. The Kier molecular flexibility index (Phi) is 6.18. The Balaban J connectivity index is 1.56. The zero-order valence-corrected chi connectivity index (χ0v) is 18.7. The Bertz CT molecular complexity index is 1150. The third-order valence-electron chi connectivity index (χ3n) is 5.97. The summed E-state index contributed by atoms with van der Waals surface area (Å²) in [6, 6.07) is 9.85. The van der Waals surface area contributed by atoms with Gasteiger partial charge < -0.3 is 18.6 Å². The van der Waals surface area contributed by atoms with Gasteiger partial charge in [-0.25, -0.2) is 4.79 Å². The molecule has 1 aliphatic heterocycles. The minimum absolute atomic E-state index is 0.294. The van der Waals surface area contributed by atoms with E-state index in [-0.39, 0.29) is 5.63 Å². The lowest BCUT2D eigenvalue weighted by Crippen LogP contribution is -3.12. The average molecular weight is 425 g/mol. The van der Waals surface area contributed by atoms with Crippen LogP contribution in [0.15, 0.2) is 39.5 Å². The van der Waals surface area contributed by atoms with Crippen LogP contribution < -0.4 is 24.7 Å². The van der Waals surface area contributed by atoms with Gasteiger partial charge in [-0.3, -0.25) is 4.90 Å². The number of hydrogen-bond acceptors (Lipinski definition) is 5. The number of ether oxygens (including phenoxy) is 3. The van der Waals surface area contributed by atoms with Gasteiger partial charge in [0, 0.05) is 29.0 Å². The summed E-state index contributed by atoms with van der Waals surface area (Å²) in [6.07, 6.45) is 2.75. The van der Waals surface area contributed by atoms with E-state index in [1.165, 1.54) is 16.0 Å². The van der Waals surface area contributed by atoms with Crippen LogP contribution in [0.1, 0.15) is 35.6 Å². The first-order valence-electron chi connectivity index (χ1n) is 10.8. The number of quaternary nitrogens is 1. The number of benzene rings is 2. The van der Waals surface area contributed by atoms with Gasteiger partial charge in [-0.1, -0.05) is 19.4 Å². The molecule has 0 amide bonds. The zero-order chi connectivity index (χ0) is 22.0. The first-order chi connectivity index (χ1) is 15.0. The van der Waals surface area contributed by atoms with Crippen LogP contribution in [0.5, 0.6) is 17.2 Å². The highest BCUT2D eigenvalue weighted by Gasteiger charge is 2.25. The Labute approximate surface area is 182 Å². The number of fused-ring (bicyclic) bond motifs is 2. The molecule has 1 aliphatic rings. The Morgan fingerprint density at radius 1 is 1.06 bits per heavy atom. The third kappa shape index (κ3) is 4.26. The van der Waals surface area contributed by atoms with Gasteiger partial charge in [0.05, 0.1) is 20.8 Å². The Hall–Kier alpha value is -2.99. The van der Waals surface area contributed by atoms with E-state index in [2.05, 4.69) is 19.1 Å². The van der Waals surface area contributed by atoms with E-state index in [1.54, 1.807) is 20.3 Å². The van der Waals surface area contributed by atoms with Crippen molar-refractivity contribution in [3.63, 3.8) is 0 Å². The number of hydrogen-bond donors (Lipinski definition) is 1. The predicted octanol–water partition coefficient (Wildman–Crippen LogP) is 3.05. The summed E-state index contributed by atoms with van der Waals surface area (Å²) < 4.78 is 22.4.